The number of rotatable bonds is 3. The van der Waals surface area contributed by atoms with Crippen LogP contribution in [0.2, 0.25) is 0 Å². The second-order valence-corrected chi connectivity index (χ2v) is 8.63. The highest BCUT2D eigenvalue weighted by Crippen LogP contribution is 2.30. The number of para-hydroxylation sites is 1. The van der Waals surface area contributed by atoms with E-state index < -0.39 is 0 Å². The Balaban J connectivity index is 1.44. The zero-order valence-corrected chi connectivity index (χ0v) is 18.9. The third-order valence-corrected chi connectivity index (χ3v) is 6.32. The van der Waals surface area contributed by atoms with Crippen LogP contribution in [0.3, 0.4) is 0 Å². The van der Waals surface area contributed by atoms with Gasteiger partial charge in [0.15, 0.2) is 0 Å². The molecule has 0 bridgehead atoms. The molecule has 1 aliphatic rings. The van der Waals surface area contributed by atoms with E-state index in [1.807, 2.05) is 30.0 Å². The summed E-state index contributed by atoms with van der Waals surface area (Å²) in [5.74, 6) is -0.206. The van der Waals surface area contributed by atoms with E-state index >= 15 is 0 Å². The summed E-state index contributed by atoms with van der Waals surface area (Å²) < 4.78 is 13.2. The summed E-state index contributed by atoms with van der Waals surface area (Å²) in [6.07, 6.45) is 0. The maximum Gasteiger partial charge on any atom is 0.254 e. The quantitative estimate of drug-likeness (QED) is 0.416. The average molecular weight is 440 g/mol. The van der Waals surface area contributed by atoms with Crippen LogP contribution in [0.15, 0.2) is 72.8 Å². The highest BCUT2D eigenvalue weighted by atomic mass is 19.1. The van der Waals surface area contributed by atoms with Crippen molar-refractivity contribution in [1.29, 1.82) is 0 Å². The monoisotopic (exact) mass is 439 g/mol. The zero-order valence-electron chi connectivity index (χ0n) is 18.9. The fraction of sp³-hybridized carbons (Fsp3) is 0.214. The Morgan fingerprint density at radius 2 is 1.58 bits per heavy atom. The van der Waals surface area contributed by atoms with Crippen LogP contribution in [0.1, 0.15) is 21.6 Å². The van der Waals surface area contributed by atoms with Crippen molar-refractivity contribution in [2.24, 2.45) is 0 Å². The molecule has 0 atom stereocenters. The molecule has 1 saturated heterocycles. The number of carbonyl (C=O) groups excluding carboxylic acids is 1. The number of pyridine rings is 1. The first kappa shape index (κ1) is 21.1. The summed E-state index contributed by atoms with van der Waals surface area (Å²) in [7, 11) is 0. The Labute approximate surface area is 193 Å². The summed E-state index contributed by atoms with van der Waals surface area (Å²) in [5.41, 5.74) is 6.70. The fourth-order valence-corrected chi connectivity index (χ4v) is 4.51. The van der Waals surface area contributed by atoms with Gasteiger partial charge in [-0.2, -0.15) is 0 Å². The first-order valence-corrected chi connectivity index (χ1v) is 11.3. The van der Waals surface area contributed by atoms with Crippen LogP contribution in [0.25, 0.3) is 22.0 Å². The number of aryl methyl sites for hydroxylation is 2. The maximum atomic E-state index is 13.6. The SMILES string of the molecule is Cc1ccc(-c2cccc3c(C(=O)N4CCN(c5ccc(F)cc5)CC4)cc(C)nc23)cc1. The molecule has 0 spiro atoms. The first-order valence-electron chi connectivity index (χ1n) is 11.3. The van der Waals surface area contributed by atoms with Crippen LogP contribution in [-0.2, 0) is 0 Å². The normalized spacial score (nSPS) is 14.0. The Bertz CT molecular complexity index is 1310. The van der Waals surface area contributed by atoms with E-state index in [1.165, 1.54) is 17.7 Å². The summed E-state index contributed by atoms with van der Waals surface area (Å²) in [5, 5.41) is 0.879. The Hall–Kier alpha value is -3.73. The number of hydrogen-bond donors (Lipinski definition) is 0. The molecule has 0 radical (unpaired) electrons. The molecule has 3 aromatic carbocycles. The van der Waals surface area contributed by atoms with Crippen molar-refractivity contribution >= 4 is 22.5 Å². The van der Waals surface area contributed by atoms with E-state index in [0.717, 1.165) is 33.4 Å². The molecule has 1 aromatic heterocycles. The van der Waals surface area contributed by atoms with Crippen molar-refractivity contribution in [3.63, 3.8) is 0 Å². The van der Waals surface area contributed by atoms with Gasteiger partial charge in [-0.05, 0) is 49.7 Å². The lowest BCUT2D eigenvalue weighted by molar-refractivity contribution is 0.0748. The van der Waals surface area contributed by atoms with E-state index in [4.69, 9.17) is 4.98 Å². The molecular formula is C28H26FN3O. The summed E-state index contributed by atoms with van der Waals surface area (Å²) in [6.45, 7) is 6.69. The first-order chi connectivity index (χ1) is 16.0. The van der Waals surface area contributed by atoms with Gasteiger partial charge < -0.3 is 9.80 Å². The van der Waals surface area contributed by atoms with Gasteiger partial charge in [-0.3, -0.25) is 9.78 Å². The van der Waals surface area contributed by atoms with Crippen LogP contribution in [0.5, 0.6) is 0 Å². The molecule has 1 aliphatic heterocycles. The number of fused-ring (bicyclic) bond motifs is 1. The van der Waals surface area contributed by atoms with E-state index in [2.05, 4.69) is 42.2 Å². The topological polar surface area (TPSA) is 36.4 Å². The third kappa shape index (κ3) is 4.19. The van der Waals surface area contributed by atoms with Gasteiger partial charge >= 0.3 is 0 Å². The number of anilines is 1. The second kappa shape index (κ2) is 8.66. The molecular weight excluding hydrogens is 413 g/mol. The van der Waals surface area contributed by atoms with Crippen LogP contribution in [-0.4, -0.2) is 42.0 Å². The minimum absolute atomic E-state index is 0.0327. The minimum Gasteiger partial charge on any atom is -0.368 e. The number of piperazine rings is 1. The number of aromatic nitrogens is 1. The standard InChI is InChI=1S/C28H26FN3O/c1-19-6-8-21(9-7-19)24-4-3-5-25-26(18-20(2)30-27(24)25)28(33)32-16-14-31(15-17-32)23-12-10-22(29)11-13-23/h3-13,18H,14-17H2,1-2H3. The number of hydrogen-bond acceptors (Lipinski definition) is 3. The Morgan fingerprint density at radius 1 is 0.879 bits per heavy atom. The second-order valence-electron chi connectivity index (χ2n) is 8.63. The molecule has 0 unspecified atom stereocenters. The molecule has 33 heavy (non-hydrogen) atoms. The zero-order chi connectivity index (χ0) is 22.9. The van der Waals surface area contributed by atoms with Gasteiger partial charge in [-0.15, -0.1) is 0 Å². The van der Waals surface area contributed by atoms with Gasteiger partial charge in [-0.25, -0.2) is 4.39 Å². The summed E-state index contributed by atoms with van der Waals surface area (Å²) in [6, 6.07) is 22.9. The van der Waals surface area contributed by atoms with Crippen LogP contribution in [0.4, 0.5) is 10.1 Å². The molecule has 4 nitrogen and oxygen atoms in total. The van der Waals surface area contributed by atoms with Gasteiger partial charge in [0, 0.05) is 48.5 Å². The average Bonchev–Trinajstić information content (AvgIpc) is 2.84. The van der Waals surface area contributed by atoms with Crippen LogP contribution >= 0.6 is 0 Å². The number of nitrogens with zero attached hydrogens (tertiary/aromatic N) is 3. The van der Waals surface area contributed by atoms with E-state index in [-0.39, 0.29) is 11.7 Å². The van der Waals surface area contributed by atoms with Gasteiger partial charge in [0.25, 0.3) is 5.91 Å². The Kier molecular flexibility index (Phi) is 5.55. The van der Waals surface area contributed by atoms with Crippen molar-refractivity contribution in [2.45, 2.75) is 13.8 Å². The molecule has 1 amide bonds. The lowest BCUT2D eigenvalue weighted by Gasteiger charge is -2.36. The van der Waals surface area contributed by atoms with E-state index in [1.54, 1.807) is 12.1 Å². The highest BCUT2D eigenvalue weighted by Gasteiger charge is 2.24. The van der Waals surface area contributed by atoms with Crippen molar-refractivity contribution in [3.05, 3.63) is 95.4 Å². The van der Waals surface area contributed by atoms with Crippen molar-refractivity contribution in [2.75, 3.05) is 31.1 Å². The molecule has 0 aliphatic carbocycles. The van der Waals surface area contributed by atoms with Crippen molar-refractivity contribution in [3.8, 4) is 11.1 Å². The predicted molar refractivity (Wildman–Crippen MR) is 131 cm³/mol. The molecule has 0 N–H and O–H groups in total. The lowest BCUT2D eigenvalue weighted by Crippen LogP contribution is -2.48. The largest absolute Gasteiger partial charge is 0.368 e. The molecule has 166 valence electrons. The minimum atomic E-state index is -0.238. The number of benzene rings is 3. The number of carbonyl (C=O) groups is 1. The van der Waals surface area contributed by atoms with Gasteiger partial charge in [0.2, 0.25) is 0 Å². The third-order valence-electron chi connectivity index (χ3n) is 6.32. The molecule has 0 saturated carbocycles. The van der Waals surface area contributed by atoms with Gasteiger partial charge in [0.1, 0.15) is 5.82 Å². The van der Waals surface area contributed by atoms with Gasteiger partial charge in [0.05, 0.1) is 11.1 Å². The smallest absolute Gasteiger partial charge is 0.254 e. The number of halogens is 1. The number of amides is 1. The Morgan fingerprint density at radius 3 is 2.27 bits per heavy atom. The van der Waals surface area contributed by atoms with E-state index in [0.29, 0.717) is 31.7 Å². The van der Waals surface area contributed by atoms with Crippen LogP contribution < -0.4 is 4.90 Å². The predicted octanol–water partition coefficient (Wildman–Crippen LogP) is 5.62. The molecule has 2 heterocycles. The summed E-state index contributed by atoms with van der Waals surface area (Å²) >= 11 is 0. The lowest BCUT2D eigenvalue weighted by atomic mass is 9.97. The highest BCUT2D eigenvalue weighted by molar-refractivity contribution is 6.09. The van der Waals surface area contributed by atoms with E-state index in [9.17, 15) is 9.18 Å². The fourth-order valence-electron chi connectivity index (χ4n) is 4.51. The summed E-state index contributed by atoms with van der Waals surface area (Å²) in [4.78, 5) is 22.5. The molecule has 5 heteroatoms. The van der Waals surface area contributed by atoms with Crippen molar-refractivity contribution in [1.82, 2.24) is 9.88 Å². The van der Waals surface area contributed by atoms with Gasteiger partial charge in [-0.1, -0.05) is 48.0 Å². The molecule has 5 rings (SSSR count). The van der Waals surface area contributed by atoms with Crippen molar-refractivity contribution < 1.29 is 9.18 Å². The molecule has 1 fully saturated rings. The maximum absolute atomic E-state index is 13.6. The van der Waals surface area contributed by atoms with Crippen LogP contribution in [0, 0.1) is 19.7 Å². The molecule has 4 aromatic rings.